The summed E-state index contributed by atoms with van der Waals surface area (Å²) >= 11 is 0. The maximum Gasteiger partial charge on any atom is 0.212 e. The number of benzene rings is 1. The van der Waals surface area contributed by atoms with E-state index < -0.39 is 10.0 Å². The summed E-state index contributed by atoms with van der Waals surface area (Å²) in [6, 6.07) is 7.81. The summed E-state index contributed by atoms with van der Waals surface area (Å²) in [4.78, 5) is 4.07. The van der Waals surface area contributed by atoms with Crippen molar-refractivity contribution in [3.05, 3.63) is 48.5 Å². The van der Waals surface area contributed by atoms with Crippen molar-refractivity contribution in [1.29, 1.82) is 0 Å². The zero-order valence-corrected chi connectivity index (χ0v) is 14.5. The lowest BCUT2D eigenvalue weighted by atomic mass is 9.87. The molecule has 2 aliphatic carbocycles. The third kappa shape index (κ3) is 3.13. The topological polar surface area (TPSA) is 64.0 Å². The molecule has 24 heavy (non-hydrogen) atoms. The van der Waals surface area contributed by atoms with Gasteiger partial charge in [-0.3, -0.25) is 0 Å². The summed E-state index contributed by atoms with van der Waals surface area (Å²) in [5.74, 6) is 1.05. The number of aromatic nitrogens is 2. The third-order valence-corrected chi connectivity index (χ3v) is 7.22. The molecule has 2 bridgehead atoms. The highest BCUT2D eigenvalue weighted by Gasteiger charge is 2.47. The minimum absolute atomic E-state index is 0.0420. The lowest BCUT2D eigenvalue weighted by molar-refractivity contribution is 0.332. The van der Waals surface area contributed by atoms with Crippen LogP contribution in [-0.4, -0.2) is 23.7 Å². The van der Waals surface area contributed by atoms with Crippen molar-refractivity contribution in [2.45, 2.75) is 38.6 Å². The predicted molar refractivity (Wildman–Crippen MR) is 93.2 cm³/mol. The van der Waals surface area contributed by atoms with Crippen LogP contribution in [0.3, 0.4) is 0 Å². The molecular formula is C18H23N3O2S. The average molecular weight is 345 g/mol. The van der Waals surface area contributed by atoms with Gasteiger partial charge in [-0.15, -0.1) is 0 Å². The second-order valence-electron chi connectivity index (χ2n) is 7.33. The molecule has 0 unspecified atom stereocenters. The van der Waals surface area contributed by atoms with Gasteiger partial charge in [-0.2, -0.15) is 0 Å². The summed E-state index contributed by atoms with van der Waals surface area (Å²) in [5.41, 5.74) is 1.95. The van der Waals surface area contributed by atoms with Crippen molar-refractivity contribution >= 4 is 10.0 Å². The molecule has 0 atom stereocenters. The second kappa shape index (κ2) is 6.01. The van der Waals surface area contributed by atoms with Gasteiger partial charge >= 0.3 is 0 Å². The lowest BCUT2D eigenvalue weighted by Crippen LogP contribution is -2.34. The molecule has 0 amide bonds. The Morgan fingerprint density at radius 2 is 2.04 bits per heavy atom. The fourth-order valence-corrected chi connectivity index (χ4v) is 6.16. The molecule has 2 aromatic rings. The Kier molecular flexibility index (Phi) is 3.96. The van der Waals surface area contributed by atoms with Gasteiger partial charge in [0.25, 0.3) is 0 Å². The molecule has 2 saturated carbocycles. The Balaban J connectivity index is 1.47. The fraction of sp³-hybridized carbons (Fsp3) is 0.500. The van der Waals surface area contributed by atoms with E-state index in [1.807, 2.05) is 35.0 Å². The van der Waals surface area contributed by atoms with E-state index >= 15 is 0 Å². The molecule has 6 heteroatoms. The van der Waals surface area contributed by atoms with Crippen LogP contribution in [0, 0.1) is 11.3 Å². The van der Waals surface area contributed by atoms with Crippen molar-refractivity contribution in [3.8, 4) is 5.69 Å². The quantitative estimate of drug-likeness (QED) is 0.875. The summed E-state index contributed by atoms with van der Waals surface area (Å²) in [6.45, 7) is 0.316. The van der Waals surface area contributed by atoms with E-state index in [0.717, 1.165) is 36.4 Å². The Morgan fingerprint density at radius 3 is 2.71 bits per heavy atom. The standard InChI is InChI=1S/C18H23N3O2S/c22-24(23,13-18-7-5-15(11-18)6-8-18)20-12-16-3-1-2-4-17(16)21-10-9-19-14-21/h1-4,9-10,14-15,20H,5-8,11-13H2. The molecule has 0 spiro atoms. The van der Waals surface area contributed by atoms with Gasteiger partial charge in [-0.05, 0) is 55.1 Å². The van der Waals surface area contributed by atoms with Gasteiger partial charge in [0.05, 0.1) is 17.8 Å². The summed E-state index contributed by atoms with van der Waals surface area (Å²) in [7, 11) is -3.27. The number of fused-ring (bicyclic) bond motifs is 2. The third-order valence-electron chi connectivity index (χ3n) is 5.64. The molecule has 1 aromatic carbocycles. The van der Waals surface area contributed by atoms with Gasteiger partial charge in [-0.25, -0.2) is 18.1 Å². The minimum Gasteiger partial charge on any atom is -0.306 e. The fourth-order valence-electron chi connectivity index (χ4n) is 4.47. The number of imidazole rings is 1. The largest absolute Gasteiger partial charge is 0.306 e. The number of sulfonamides is 1. The van der Waals surface area contributed by atoms with Gasteiger partial charge < -0.3 is 4.57 Å². The van der Waals surface area contributed by atoms with E-state index in [4.69, 9.17) is 0 Å². The molecule has 2 aliphatic rings. The van der Waals surface area contributed by atoms with Gasteiger partial charge in [0, 0.05) is 18.9 Å². The van der Waals surface area contributed by atoms with Crippen molar-refractivity contribution < 1.29 is 8.42 Å². The molecule has 0 aliphatic heterocycles. The first kappa shape index (κ1) is 15.8. The zero-order chi connectivity index (χ0) is 16.6. The second-order valence-corrected chi connectivity index (χ2v) is 9.13. The molecule has 5 nitrogen and oxygen atoms in total. The van der Waals surface area contributed by atoms with Crippen LogP contribution in [0.15, 0.2) is 43.0 Å². The maximum atomic E-state index is 12.6. The number of hydrogen-bond acceptors (Lipinski definition) is 3. The van der Waals surface area contributed by atoms with Crippen molar-refractivity contribution in [1.82, 2.24) is 14.3 Å². The van der Waals surface area contributed by atoms with Gasteiger partial charge in [0.15, 0.2) is 0 Å². The number of para-hydroxylation sites is 1. The SMILES string of the molecule is O=S(=O)(CC12CCC(CC1)C2)NCc1ccccc1-n1ccnc1. The normalized spacial score (nSPS) is 26.1. The van der Waals surface area contributed by atoms with Crippen LogP contribution >= 0.6 is 0 Å². The lowest BCUT2D eigenvalue weighted by Gasteiger charge is -2.26. The molecule has 2 fully saturated rings. The highest BCUT2D eigenvalue weighted by molar-refractivity contribution is 7.89. The predicted octanol–water partition coefficient (Wildman–Crippen LogP) is 2.87. The first-order chi connectivity index (χ1) is 11.6. The molecule has 1 N–H and O–H groups in total. The molecule has 128 valence electrons. The average Bonchev–Trinajstić information content (AvgIpc) is 3.29. The summed E-state index contributed by atoms with van der Waals surface area (Å²) in [6.07, 6.45) is 11.0. The van der Waals surface area contributed by atoms with Crippen LogP contribution in [0.25, 0.3) is 5.69 Å². The molecular weight excluding hydrogens is 322 g/mol. The Bertz CT molecular complexity index is 807. The van der Waals surface area contributed by atoms with E-state index in [0.29, 0.717) is 6.54 Å². The van der Waals surface area contributed by atoms with Crippen molar-refractivity contribution in [3.63, 3.8) is 0 Å². The first-order valence-corrected chi connectivity index (χ1v) is 10.2. The highest BCUT2D eigenvalue weighted by atomic mass is 32.2. The van der Waals surface area contributed by atoms with Crippen molar-refractivity contribution in [2.75, 3.05) is 5.75 Å². The zero-order valence-electron chi connectivity index (χ0n) is 13.7. The van der Waals surface area contributed by atoms with E-state index in [1.54, 1.807) is 12.5 Å². The van der Waals surface area contributed by atoms with Crippen molar-refractivity contribution in [2.24, 2.45) is 11.3 Å². The Labute approximate surface area is 143 Å². The maximum absolute atomic E-state index is 12.6. The first-order valence-electron chi connectivity index (χ1n) is 8.59. The molecule has 0 radical (unpaired) electrons. The van der Waals surface area contributed by atoms with Crippen LogP contribution in [0.4, 0.5) is 0 Å². The van der Waals surface area contributed by atoms with Crippen LogP contribution in [0.1, 0.15) is 37.7 Å². The minimum atomic E-state index is -3.27. The van der Waals surface area contributed by atoms with Gasteiger partial charge in [0.2, 0.25) is 10.0 Å². The summed E-state index contributed by atoms with van der Waals surface area (Å²) < 4.78 is 29.9. The van der Waals surface area contributed by atoms with Gasteiger partial charge in [-0.1, -0.05) is 18.2 Å². The number of rotatable bonds is 6. The monoisotopic (exact) mass is 345 g/mol. The van der Waals surface area contributed by atoms with E-state index in [2.05, 4.69) is 9.71 Å². The number of hydrogen-bond donors (Lipinski definition) is 1. The van der Waals surface area contributed by atoms with Crippen LogP contribution in [0.2, 0.25) is 0 Å². The Morgan fingerprint density at radius 1 is 1.25 bits per heavy atom. The van der Waals surface area contributed by atoms with Crippen LogP contribution < -0.4 is 4.72 Å². The molecule has 1 aromatic heterocycles. The van der Waals surface area contributed by atoms with Crippen LogP contribution in [-0.2, 0) is 16.6 Å². The number of nitrogens with zero attached hydrogens (tertiary/aromatic N) is 2. The molecule has 1 heterocycles. The smallest absolute Gasteiger partial charge is 0.212 e. The number of nitrogens with one attached hydrogen (secondary N) is 1. The van der Waals surface area contributed by atoms with E-state index in [9.17, 15) is 8.42 Å². The van der Waals surface area contributed by atoms with Crippen LogP contribution in [0.5, 0.6) is 0 Å². The summed E-state index contributed by atoms with van der Waals surface area (Å²) in [5, 5.41) is 0. The van der Waals surface area contributed by atoms with E-state index in [1.165, 1.54) is 12.8 Å². The molecule has 4 rings (SSSR count). The molecule has 0 saturated heterocycles. The highest BCUT2D eigenvalue weighted by Crippen LogP contribution is 2.54. The van der Waals surface area contributed by atoms with E-state index in [-0.39, 0.29) is 11.2 Å². The Hall–Kier alpha value is -1.66. The van der Waals surface area contributed by atoms with Gasteiger partial charge in [0.1, 0.15) is 0 Å².